The van der Waals surface area contributed by atoms with Gasteiger partial charge in [0.1, 0.15) is 0 Å². The zero-order valence-corrected chi connectivity index (χ0v) is 10.0. The van der Waals surface area contributed by atoms with Gasteiger partial charge in [0.05, 0.1) is 12.2 Å². The lowest BCUT2D eigenvalue weighted by Crippen LogP contribution is -2.35. The fourth-order valence-electron chi connectivity index (χ4n) is 2.13. The molecule has 1 N–H and O–H groups in total. The number of nitrogens with zero attached hydrogens (tertiary/aromatic N) is 1. The van der Waals surface area contributed by atoms with Gasteiger partial charge in [0.25, 0.3) is 0 Å². The molecule has 0 spiro atoms. The number of carbonyl (C=O) groups is 1. The number of alkyl halides is 2. The number of rotatable bonds is 3. The predicted molar refractivity (Wildman–Crippen MR) is 63.0 cm³/mol. The third-order valence-corrected chi connectivity index (χ3v) is 3.26. The lowest BCUT2D eigenvalue weighted by Gasteiger charge is -2.27. The smallest absolute Gasteiger partial charge is 0.248 e. The van der Waals surface area contributed by atoms with Crippen molar-refractivity contribution in [3.63, 3.8) is 0 Å². The van der Waals surface area contributed by atoms with Crippen LogP contribution in [0.2, 0.25) is 0 Å². The molecular formula is C13H16F2N2O. The van der Waals surface area contributed by atoms with Crippen molar-refractivity contribution >= 4 is 5.91 Å². The molecule has 1 aromatic rings. The van der Waals surface area contributed by atoms with Gasteiger partial charge in [-0.3, -0.25) is 9.78 Å². The molecule has 0 saturated heterocycles. The minimum absolute atomic E-state index is 0.142. The quantitative estimate of drug-likeness (QED) is 0.900. The zero-order valence-electron chi connectivity index (χ0n) is 10.0. The molecule has 0 atom stereocenters. The molecule has 5 heteroatoms. The highest BCUT2D eigenvalue weighted by atomic mass is 19.3. The van der Waals surface area contributed by atoms with Gasteiger partial charge in [0.15, 0.2) is 0 Å². The van der Waals surface area contributed by atoms with E-state index in [0.29, 0.717) is 6.54 Å². The van der Waals surface area contributed by atoms with E-state index in [2.05, 4.69) is 10.3 Å². The Labute approximate surface area is 105 Å². The number of amides is 1. The summed E-state index contributed by atoms with van der Waals surface area (Å²) < 4.78 is 25.9. The summed E-state index contributed by atoms with van der Waals surface area (Å²) in [5, 5.41) is 2.75. The Balaban J connectivity index is 1.79. The molecule has 18 heavy (non-hydrogen) atoms. The summed E-state index contributed by atoms with van der Waals surface area (Å²) in [7, 11) is 0. The molecule has 0 bridgehead atoms. The first-order chi connectivity index (χ1) is 8.57. The fourth-order valence-corrected chi connectivity index (χ4v) is 2.13. The Kier molecular flexibility index (Phi) is 3.89. The summed E-state index contributed by atoms with van der Waals surface area (Å²) in [6, 6.07) is 5.46. The molecule has 0 radical (unpaired) electrons. The topological polar surface area (TPSA) is 42.0 Å². The highest BCUT2D eigenvalue weighted by molar-refractivity contribution is 5.78. The number of halogens is 2. The van der Waals surface area contributed by atoms with Gasteiger partial charge in [0, 0.05) is 25.0 Å². The van der Waals surface area contributed by atoms with E-state index in [4.69, 9.17) is 0 Å². The van der Waals surface area contributed by atoms with Crippen molar-refractivity contribution in [3.8, 4) is 0 Å². The van der Waals surface area contributed by atoms with E-state index in [9.17, 15) is 13.6 Å². The van der Waals surface area contributed by atoms with Gasteiger partial charge in [-0.15, -0.1) is 0 Å². The molecule has 0 aromatic carbocycles. The first-order valence-corrected chi connectivity index (χ1v) is 6.12. The van der Waals surface area contributed by atoms with Crippen molar-refractivity contribution in [3.05, 3.63) is 30.1 Å². The second-order valence-corrected chi connectivity index (χ2v) is 4.67. The summed E-state index contributed by atoms with van der Waals surface area (Å²) in [6.07, 6.45) is 1.81. The number of nitrogens with one attached hydrogen (secondary N) is 1. The molecule has 2 rings (SSSR count). The van der Waals surface area contributed by atoms with Gasteiger partial charge >= 0.3 is 0 Å². The van der Waals surface area contributed by atoms with Crippen LogP contribution in [0.5, 0.6) is 0 Å². The molecule has 1 saturated carbocycles. The summed E-state index contributed by atoms with van der Waals surface area (Å²) in [6.45, 7) is 0.354. The average Bonchev–Trinajstić information content (AvgIpc) is 2.37. The third kappa shape index (κ3) is 3.48. The van der Waals surface area contributed by atoms with E-state index in [-0.39, 0.29) is 37.5 Å². The molecule has 98 valence electrons. The Morgan fingerprint density at radius 1 is 1.39 bits per heavy atom. The van der Waals surface area contributed by atoms with E-state index in [1.807, 2.05) is 12.1 Å². The number of carbonyl (C=O) groups excluding carboxylic acids is 1. The summed E-state index contributed by atoms with van der Waals surface area (Å²) in [4.78, 5) is 15.9. The van der Waals surface area contributed by atoms with Crippen molar-refractivity contribution in [1.82, 2.24) is 10.3 Å². The number of hydrogen-bond acceptors (Lipinski definition) is 2. The van der Waals surface area contributed by atoms with Gasteiger partial charge in [-0.2, -0.15) is 0 Å². The van der Waals surface area contributed by atoms with Crippen molar-refractivity contribution in [1.29, 1.82) is 0 Å². The van der Waals surface area contributed by atoms with E-state index in [1.165, 1.54) is 0 Å². The van der Waals surface area contributed by atoms with Crippen LogP contribution in [0.15, 0.2) is 24.4 Å². The maximum absolute atomic E-state index is 13.0. The highest BCUT2D eigenvalue weighted by Gasteiger charge is 2.37. The fraction of sp³-hybridized carbons (Fsp3) is 0.538. The van der Waals surface area contributed by atoms with E-state index in [1.54, 1.807) is 12.3 Å². The van der Waals surface area contributed by atoms with Crippen LogP contribution in [0.25, 0.3) is 0 Å². The lowest BCUT2D eigenvalue weighted by molar-refractivity contribution is -0.129. The largest absolute Gasteiger partial charge is 0.350 e. The van der Waals surface area contributed by atoms with Gasteiger partial charge in [-0.1, -0.05) is 6.07 Å². The van der Waals surface area contributed by atoms with Crippen molar-refractivity contribution < 1.29 is 13.6 Å². The minimum atomic E-state index is -2.59. The molecule has 3 nitrogen and oxygen atoms in total. The maximum Gasteiger partial charge on any atom is 0.248 e. The van der Waals surface area contributed by atoms with Crippen LogP contribution in [0.4, 0.5) is 8.78 Å². The Hall–Kier alpha value is -1.52. The van der Waals surface area contributed by atoms with Crippen LogP contribution in [-0.4, -0.2) is 16.8 Å². The molecule has 1 amide bonds. The predicted octanol–water partition coefficient (Wildman–Crippen LogP) is 2.52. The van der Waals surface area contributed by atoms with Crippen LogP contribution in [0.3, 0.4) is 0 Å². The molecule has 1 aliphatic rings. The van der Waals surface area contributed by atoms with E-state index >= 15 is 0 Å². The molecule has 1 heterocycles. The average molecular weight is 254 g/mol. The maximum atomic E-state index is 13.0. The SMILES string of the molecule is O=C(NCc1ccccn1)C1CCC(F)(F)CC1. The van der Waals surface area contributed by atoms with E-state index in [0.717, 1.165) is 5.69 Å². The lowest BCUT2D eigenvalue weighted by atomic mass is 9.86. The zero-order chi connectivity index (χ0) is 13.0. The van der Waals surface area contributed by atoms with Crippen molar-refractivity contribution in [2.24, 2.45) is 5.92 Å². The standard InChI is InChI=1S/C13H16F2N2O/c14-13(15)6-4-10(5-7-13)12(18)17-9-11-3-1-2-8-16-11/h1-3,8,10H,4-7,9H2,(H,17,18). The first-order valence-electron chi connectivity index (χ1n) is 6.12. The Morgan fingerprint density at radius 2 is 2.11 bits per heavy atom. The van der Waals surface area contributed by atoms with Gasteiger partial charge in [-0.05, 0) is 25.0 Å². The van der Waals surface area contributed by atoms with Crippen LogP contribution < -0.4 is 5.32 Å². The van der Waals surface area contributed by atoms with Crippen LogP contribution >= 0.6 is 0 Å². The minimum Gasteiger partial charge on any atom is -0.350 e. The second-order valence-electron chi connectivity index (χ2n) is 4.67. The number of aromatic nitrogens is 1. The molecule has 1 fully saturated rings. The van der Waals surface area contributed by atoms with Crippen molar-refractivity contribution in [2.45, 2.75) is 38.2 Å². The molecule has 1 aliphatic carbocycles. The van der Waals surface area contributed by atoms with E-state index < -0.39 is 5.92 Å². The summed E-state index contributed by atoms with van der Waals surface area (Å²) >= 11 is 0. The number of hydrogen-bond donors (Lipinski definition) is 1. The third-order valence-electron chi connectivity index (χ3n) is 3.26. The molecule has 1 aromatic heterocycles. The highest BCUT2D eigenvalue weighted by Crippen LogP contribution is 2.36. The van der Waals surface area contributed by atoms with Crippen LogP contribution in [0.1, 0.15) is 31.4 Å². The summed E-state index contributed by atoms with van der Waals surface area (Å²) in [5.74, 6) is -3.01. The normalized spacial score (nSPS) is 19.4. The van der Waals surface area contributed by atoms with Crippen molar-refractivity contribution in [2.75, 3.05) is 0 Å². The molecule has 0 unspecified atom stereocenters. The van der Waals surface area contributed by atoms with Crippen LogP contribution in [-0.2, 0) is 11.3 Å². The van der Waals surface area contributed by atoms with Gasteiger partial charge < -0.3 is 5.32 Å². The number of pyridine rings is 1. The monoisotopic (exact) mass is 254 g/mol. The second kappa shape index (κ2) is 5.42. The molecular weight excluding hydrogens is 238 g/mol. The Bertz CT molecular complexity index is 399. The van der Waals surface area contributed by atoms with Gasteiger partial charge in [-0.25, -0.2) is 8.78 Å². The summed E-state index contributed by atoms with van der Waals surface area (Å²) in [5.41, 5.74) is 0.770. The first kappa shape index (κ1) is 12.9. The Morgan fingerprint density at radius 3 is 2.72 bits per heavy atom. The van der Waals surface area contributed by atoms with Crippen LogP contribution in [0, 0.1) is 5.92 Å². The van der Waals surface area contributed by atoms with Gasteiger partial charge in [0.2, 0.25) is 11.8 Å². The molecule has 0 aliphatic heterocycles.